The van der Waals surface area contributed by atoms with Gasteiger partial charge in [-0.1, -0.05) is 5.11 Å². The lowest BCUT2D eigenvalue weighted by Gasteiger charge is -2.26. The van der Waals surface area contributed by atoms with E-state index in [-0.39, 0.29) is 34.3 Å². The van der Waals surface area contributed by atoms with Gasteiger partial charge in [0.2, 0.25) is 0 Å². The summed E-state index contributed by atoms with van der Waals surface area (Å²) in [5.74, 6) is 1.04. The summed E-state index contributed by atoms with van der Waals surface area (Å²) in [6.07, 6.45) is 0.528. The molecule has 2 aromatic rings. The Hall–Kier alpha value is -3.14. The van der Waals surface area contributed by atoms with Gasteiger partial charge in [0.05, 0.1) is 43.6 Å². The highest BCUT2D eigenvalue weighted by atomic mass is 32.2. The SMILES string of the molecule is CCOc1ccc(S(=O)(=O)N(CCC[NH3+])c2cc(OC)c(N=[N+]=[N-])cc2OC)cc1. The molecule has 0 bridgehead atoms. The minimum Gasteiger partial charge on any atom is -0.496 e. The molecule has 0 amide bonds. The van der Waals surface area contributed by atoms with Crippen molar-refractivity contribution in [1.29, 1.82) is 0 Å². The fourth-order valence-electron chi connectivity index (χ4n) is 2.81. The van der Waals surface area contributed by atoms with E-state index in [1.54, 1.807) is 12.1 Å². The Balaban J connectivity index is 2.62. The lowest BCUT2D eigenvalue weighted by Crippen LogP contribution is -2.51. The Bertz CT molecular complexity index is 1000. The lowest BCUT2D eigenvalue weighted by molar-refractivity contribution is -0.367. The average molecular weight is 437 g/mol. The van der Waals surface area contributed by atoms with Crippen LogP contribution in [-0.4, -0.2) is 42.3 Å². The van der Waals surface area contributed by atoms with Gasteiger partial charge in [0.25, 0.3) is 10.0 Å². The van der Waals surface area contributed by atoms with E-state index in [0.717, 1.165) is 0 Å². The predicted molar refractivity (Wildman–Crippen MR) is 113 cm³/mol. The van der Waals surface area contributed by atoms with E-state index >= 15 is 0 Å². The molecule has 0 saturated heterocycles. The zero-order valence-electron chi connectivity index (χ0n) is 17.2. The van der Waals surface area contributed by atoms with Gasteiger partial charge in [-0.15, -0.1) is 0 Å². The third-order valence-corrected chi connectivity index (χ3v) is 6.06. The monoisotopic (exact) mass is 436 g/mol. The van der Waals surface area contributed by atoms with E-state index in [4.69, 9.17) is 19.7 Å². The number of benzene rings is 2. The molecule has 0 aromatic heterocycles. The largest absolute Gasteiger partial charge is 0.496 e. The topological polar surface area (TPSA) is 141 Å². The van der Waals surface area contributed by atoms with Gasteiger partial charge in [-0.2, -0.15) is 0 Å². The Morgan fingerprint density at radius 2 is 1.80 bits per heavy atom. The van der Waals surface area contributed by atoms with Crippen molar-refractivity contribution in [1.82, 2.24) is 0 Å². The number of nitrogens with zero attached hydrogens (tertiary/aromatic N) is 4. The summed E-state index contributed by atoms with van der Waals surface area (Å²) < 4.78 is 44.3. The summed E-state index contributed by atoms with van der Waals surface area (Å²) in [5, 5.41) is 3.58. The second kappa shape index (κ2) is 10.6. The Morgan fingerprint density at radius 3 is 2.33 bits per heavy atom. The first-order valence-corrected chi connectivity index (χ1v) is 10.7. The molecule has 0 aliphatic carbocycles. The zero-order valence-corrected chi connectivity index (χ0v) is 18.1. The Morgan fingerprint density at radius 1 is 1.13 bits per heavy atom. The van der Waals surface area contributed by atoms with Crippen molar-refractivity contribution in [2.45, 2.75) is 18.2 Å². The summed E-state index contributed by atoms with van der Waals surface area (Å²) in [6, 6.07) is 9.14. The molecule has 11 heteroatoms. The molecule has 2 aromatic carbocycles. The zero-order chi connectivity index (χ0) is 22.1. The second-order valence-electron chi connectivity index (χ2n) is 6.07. The van der Waals surface area contributed by atoms with Crippen LogP contribution in [0.15, 0.2) is 46.4 Å². The second-order valence-corrected chi connectivity index (χ2v) is 7.94. The first kappa shape index (κ1) is 23.1. The fraction of sp³-hybridized carbons (Fsp3) is 0.368. The maximum Gasteiger partial charge on any atom is 0.264 e. The van der Waals surface area contributed by atoms with E-state index in [1.807, 2.05) is 6.92 Å². The number of ether oxygens (including phenoxy) is 3. The van der Waals surface area contributed by atoms with Crippen LogP contribution in [0.3, 0.4) is 0 Å². The van der Waals surface area contributed by atoms with Gasteiger partial charge in [-0.3, -0.25) is 4.31 Å². The summed E-state index contributed by atoms with van der Waals surface area (Å²) in [6.45, 7) is 3.06. The lowest BCUT2D eigenvalue weighted by atomic mass is 10.2. The van der Waals surface area contributed by atoms with Crippen LogP contribution >= 0.6 is 0 Å². The fourth-order valence-corrected chi connectivity index (χ4v) is 4.32. The van der Waals surface area contributed by atoms with Crippen LogP contribution in [0.2, 0.25) is 0 Å². The highest BCUT2D eigenvalue weighted by Gasteiger charge is 2.28. The first-order chi connectivity index (χ1) is 14.4. The van der Waals surface area contributed by atoms with Gasteiger partial charge in [0.15, 0.2) is 0 Å². The maximum atomic E-state index is 13.5. The molecule has 0 heterocycles. The summed E-state index contributed by atoms with van der Waals surface area (Å²) in [7, 11) is -1.11. The Labute approximate surface area is 175 Å². The first-order valence-electron chi connectivity index (χ1n) is 9.28. The number of azide groups is 1. The van der Waals surface area contributed by atoms with Crippen molar-refractivity contribution >= 4 is 21.4 Å². The highest BCUT2D eigenvalue weighted by molar-refractivity contribution is 7.92. The summed E-state index contributed by atoms with van der Waals surface area (Å²) in [4.78, 5) is 2.88. The quantitative estimate of drug-likeness (QED) is 0.327. The van der Waals surface area contributed by atoms with Crippen LogP contribution in [0.25, 0.3) is 10.4 Å². The Kier molecular flexibility index (Phi) is 8.16. The number of sulfonamides is 1. The smallest absolute Gasteiger partial charge is 0.264 e. The molecule has 0 atom stereocenters. The number of quaternary nitrogens is 1. The highest BCUT2D eigenvalue weighted by Crippen LogP contribution is 2.42. The number of hydrogen-bond donors (Lipinski definition) is 1. The third-order valence-electron chi connectivity index (χ3n) is 4.24. The van der Waals surface area contributed by atoms with Crippen molar-refractivity contribution < 1.29 is 28.4 Å². The number of anilines is 1. The van der Waals surface area contributed by atoms with Crippen molar-refractivity contribution in [3.8, 4) is 17.2 Å². The molecule has 0 unspecified atom stereocenters. The van der Waals surface area contributed by atoms with Gasteiger partial charge in [-0.25, -0.2) is 8.42 Å². The van der Waals surface area contributed by atoms with Gasteiger partial charge >= 0.3 is 0 Å². The average Bonchev–Trinajstić information content (AvgIpc) is 2.75. The molecule has 0 saturated carbocycles. The van der Waals surface area contributed by atoms with E-state index in [0.29, 0.717) is 25.3 Å². The van der Waals surface area contributed by atoms with Gasteiger partial charge < -0.3 is 19.9 Å². The summed E-state index contributed by atoms with van der Waals surface area (Å²) in [5.41, 5.74) is 13.0. The van der Waals surface area contributed by atoms with E-state index in [2.05, 4.69) is 15.8 Å². The van der Waals surface area contributed by atoms with E-state index < -0.39 is 10.0 Å². The third kappa shape index (κ3) is 5.07. The number of methoxy groups -OCH3 is 2. The van der Waals surface area contributed by atoms with Crippen molar-refractivity contribution in [3.63, 3.8) is 0 Å². The van der Waals surface area contributed by atoms with Crippen LogP contribution in [0, 0.1) is 0 Å². The molecule has 3 N–H and O–H groups in total. The van der Waals surface area contributed by atoms with Crippen molar-refractivity contribution in [3.05, 3.63) is 46.8 Å². The molecule has 0 aliphatic rings. The van der Waals surface area contributed by atoms with Gasteiger partial charge in [0.1, 0.15) is 17.2 Å². The number of rotatable bonds is 11. The molecular weight excluding hydrogens is 410 g/mol. The van der Waals surface area contributed by atoms with Crippen molar-refractivity contribution in [2.24, 2.45) is 5.11 Å². The van der Waals surface area contributed by atoms with Crippen LogP contribution in [0.1, 0.15) is 13.3 Å². The van der Waals surface area contributed by atoms with Crippen molar-refractivity contribution in [2.75, 3.05) is 38.2 Å². The van der Waals surface area contributed by atoms with Crippen LogP contribution in [0.5, 0.6) is 17.2 Å². The van der Waals surface area contributed by atoms with Crippen LogP contribution in [-0.2, 0) is 10.0 Å². The molecular formula is C19H26N5O5S+. The summed E-state index contributed by atoms with van der Waals surface area (Å²) >= 11 is 0. The van der Waals surface area contributed by atoms with Gasteiger partial charge in [0, 0.05) is 23.9 Å². The normalized spacial score (nSPS) is 10.8. The standard InChI is InChI=1S/C19H25N5O5S/c1-4-29-14-6-8-15(9-7-14)30(25,26)24(11-5-10-20)17-13-18(27-2)16(22-23-21)12-19(17)28-3/h6-9,12-13H,4-5,10-11,20H2,1-3H3/p+1. The molecule has 0 aliphatic heterocycles. The molecule has 30 heavy (non-hydrogen) atoms. The molecule has 0 spiro atoms. The van der Waals surface area contributed by atoms with E-state index in [1.165, 1.54) is 42.8 Å². The molecule has 10 nitrogen and oxygen atoms in total. The van der Waals surface area contributed by atoms with Gasteiger partial charge in [-0.05, 0) is 42.8 Å². The minimum absolute atomic E-state index is 0.107. The van der Waals surface area contributed by atoms with Crippen LogP contribution in [0.4, 0.5) is 11.4 Å². The molecule has 0 radical (unpaired) electrons. The molecule has 162 valence electrons. The predicted octanol–water partition coefficient (Wildman–Crippen LogP) is 2.87. The number of hydrogen-bond acceptors (Lipinski definition) is 6. The molecule has 2 rings (SSSR count). The van der Waals surface area contributed by atoms with Crippen LogP contribution < -0.4 is 24.2 Å². The minimum atomic E-state index is -3.93. The van der Waals surface area contributed by atoms with E-state index in [9.17, 15) is 8.42 Å². The maximum absolute atomic E-state index is 13.5. The molecule has 0 fully saturated rings.